The van der Waals surface area contributed by atoms with Crippen LogP contribution < -0.4 is 9.50 Å². The first kappa shape index (κ1) is 16.6. The number of nitrogens with one attached hydrogen (secondary N) is 1. The van der Waals surface area contributed by atoms with Crippen molar-refractivity contribution in [2.75, 3.05) is 5.32 Å². The molecule has 0 spiro atoms. The summed E-state index contributed by atoms with van der Waals surface area (Å²) in [6.45, 7) is 1.75. The van der Waals surface area contributed by atoms with E-state index in [4.69, 9.17) is 0 Å². The molecule has 0 aromatic heterocycles. The molecule has 21 heavy (non-hydrogen) atoms. The first-order chi connectivity index (χ1) is 9.90. The monoisotopic (exact) mass is 311 g/mol. The number of benzene rings is 2. The predicted molar refractivity (Wildman–Crippen MR) is 78.0 cm³/mol. The summed E-state index contributed by atoms with van der Waals surface area (Å²) in [5.41, 5.74) is 1.63. The van der Waals surface area contributed by atoms with E-state index in [0.29, 0.717) is 6.41 Å². The molecule has 0 saturated heterocycles. The van der Waals surface area contributed by atoms with Gasteiger partial charge >= 0.3 is 10.5 Å². The Balaban J connectivity index is 0.000000219. The van der Waals surface area contributed by atoms with E-state index in [1.165, 1.54) is 12.1 Å². The summed E-state index contributed by atoms with van der Waals surface area (Å²) in [6, 6.07) is 15.4. The van der Waals surface area contributed by atoms with Gasteiger partial charge in [-0.15, -0.1) is 0 Å². The zero-order valence-corrected chi connectivity index (χ0v) is 12.0. The van der Waals surface area contributed by atoms with Crippen molar-refractivity contribution in [3.63, 3.8) is 0 Å². The maximum absolute atomic E-state index is 12.0. The molecule has 0 heterocycles. The molecule has 5 nitrogen and oxygen atoms in total. The molecule has 0 unspecified atom stereocenters. The lowest BCUT2D eigenvalue weighted by atomic mass is 10.2. The summed E-state index contributed by atoms with van der Waals surface area (Å²) in [7, 11) is -4.89. The van der Waals surface area contributed by atoms with E-state index >= 15 is 0 Å². The molecule has 0 atom stereocenters. The molecule has 0 fully saturated rings. The molecule has 2 aromatic rings. The Morgan fingerprint density at radius 1 is 1.10 bits per heavy atom. The van der Waals surface area contributed by atoms with Crippen molar-refractivity contribution in [3.8, 4) is 5.75 Å². The number of hydrogen-bond donors (Lipinski definition) is 1. The van der Waals surface area contributed by atoms with Crippen molar-refractivity contribution >= 4 is 22.6 Å². The van der Waals surface area contributed by atoms with Crippen LogP contribution in [0, 0.1) is 6.92 Å². The van der Waals surface area contributed by atoms with E-state index in [1.54, 1.807) is 19.1 Å². The number of anilines is 1. The van der Waals surface area contributed by atoms with Gasteiger partial charge in [0.05, 0.1) is 0 Å². The minimum atomic E-state index is -4.89. The molecular formula is C14H14FNO4S. The Morgan fingerprint density at radius 2 is 1.76 bits per heavy atom. The number of carbonyl (C=O) groups excluding carboxylic acids is 1. The highest BCUT2D eigenvalue weighted by molar-refractivity contribution is 7.81. The van der Waals surface area contributed by atoms with E-state index in [1.807, 2.05) is 30.3 Å². The van der Waals surface area contributed by atoms with Gasteiger partial charge in [0, 0.05) is 5.69 Å². The standard InChI is InChI=1S/C7H7FO3S.C7H7NO/c1-6-3-2-4-7(5-6)11-12(8,9)10;9-6-8-7-4-2-1-3-5-7/h2-5H,1H3;1-6H,(H,8,9). The topological polar surface area (TPSA) is 72.5 Å². The summed E-state index contributed by atoms with van der Waals surface area (Å²) in [4.78, 5) is 9.86. The lowest BCUT2D eigenvalue weighted by molar-refractivity contribution is -0.105. The fraction of sp³-hybridized carbons (Fsp3) is 0.0714. The summed E-state index contributed by atoms with van der Waals surface area (Å²) in [5.74, 6) is -0.0162. The molecule has 0 aliphatic rings. The van der Waals surface area contributed by atoms with Gasteiger partial charge in [0.2, 0.25) is 6.41 Å². The quantitative estimate of drug-likeness (QED) is 0.696. The second-order valence-corrected chi connectivity index (χ2v) is 4.87. The molecule has 7 heteroatoms. The van der Waals surface area contributed by atoms with Gasteiger partial charge in [0.25, 0.3) is 0 Å². The largest absolute Gasteiger partial charge is 0.488 e. The second kappa shape index (κ2) is 8.01. The third-order valence-corrected chi connectivity index (χ3v) is 2.58. The van der Waals surface area contributed by atoms with Crippen molar-refractivity contribution in [1.29, 1.82) is 0 Å². The number of rotatable bonds is 4. The van der Waals surface area contributed by atoms with Crippen LogP contribution in [0.3, 0.4) is 0 Å². The van der Waals surface area contributed by atoms with E-state index in [0.717, 1.165) is 11.3 Å². The molecule has 0 saturated carbocycles. The Kier molecular flexibility index (Phi) is 6.35. The Bertz CT molecular complexity index is 674. The van der Waals surface area contributed by atoms with Crippen LogP contribution in [0.4, 0.5) is 9.57 Å². The first-order valence-electron chi connectivity index (χ1n) is 5.86. The first-order valence-corrected chi connectivity index (χ1v) is 7.17. The van der Waals surface area contributed by atoms with Crippen LogP contribution >= 0.6 is 0 Å². The van der Waals surface area contributed by atoms with Crippen LogP contribution in [-0.2, 0) is 15.3 Å². The van der Waals surface area contributed by atoms with Gasteiger partial charge in [0.1, 0.15) is 5.75 Å². The van der Waals surface area contributed by atoms with Gasteiger partial charge in [0.15, 0.2) is 0 Å². The van der Waals surface area contributed by atoms with Crippen LogP contribution in [0.15, 0.2) is 54.6 Å². The van der Waals surface area contributed by atoms with Gasteiger partial charge in [-0.1, -0.05) is 34.2 Å². The normalized spacial score (nSPS) is 10.0. The van der Waals surface area contributed by atoms with Gasteiger partial charge in [-0.05, 0) is 36.8 Å². The minimum Gasteiger partial charge on any atom is -0.358 e. The van der Waals surface area contributed by atoms with Crippen molar-refractivity contribution in [1.82, 2.24) is 0 Å². The summed E-state index contributed by atoms with van der Waals surface area (Å²) in [5, 5.41) is 2.53. The number of hydrogen-bond acceptors (Lipinski definition) is 4. The van der Waals surface area contributed by atoms with Crippen molar-refractivity contribution in [2.24, 2.45) is 0 Å². The third-order valence-electron chi connectivity index (χ3n) is 2.18. The molecule has 1 amide bonds. The van der Waals surface area contributed by atoms with E-state index in [9.17, 15) is 17.1 Å². The third kappa shape index (κ3) is 7.68. The smallest absolute Gasteiger partial charge is 0.358 e. The predicted octanol–water partition coefficient (Wildman–Crippen LogP) is 2.84. The van der Waals surface area contributed by atoms with Crippen molar-refractivity contribution in [2.45, 2.75) is 6.92 Å². The molecule has 0 radical (unpaired) electrons. The average Bonchev–Trinajstić information content (AvgIpc) is 2.39. The average molecular weight is 311 g/mol. The number of carbonyl (C=O) groups is 1. The Labute approximate surface area is 122 Å². The number of amides is 1. The molecule has 0 aliphatic heterocycles. The minimum absolute atomic E-state index is 0.0162. The fourth-order valence-electron chi connectivity index (χ4n) is 1.38. The summed E-state index contributed by atoms with van der Waals surface area (Å²) >= 11 is 0. The van der Waals surface area contributed by atoms with Crippen LogP contribution in [0.2, 0.25) is 0 Å². The number of halogens is 1. The molecule has 2 rings (SSSR count). The molecule has 0 bridgehead atoms. The molecular weight excluding hydrogens is 297 g/mol. The van der Waals surface area contributed by atoms with Crippen LogP contribution in [0.25, 0.3) is 0 Å². The van der Waals surface area contributed by atoms with Crippen molar-refractivity contribution in [3.05, 3.63) is 60.2 Å². The maximum Gasteiger partial charge on any atom is 0.488 e. The lowest BCUT2D eigenvalue weighted by Crippen LogP contribution is -2.00. The van der Waals surface area contributed by atoms with Gasteiger partial charge in [-0.25, -0.2) is 0 Å². The van der Waals surface area contributed by atoms with E-state index in [2.05, 4.69) is 9.50 Å². The van der Waals surface area contributed by atoms with Gasteiger partial charge in [-0.2, -0.15) is 8.42 Å². The number of aryl methyl sites for hydroxylation is 1. The summed E-state index contributed by atoms with van der Waals surface area (Å²) < 4.78 is 36.0. The highest BCUT2D eigenvalue weighted by Crippen LogP contribution is 2.14. The lowest BCUT2D eigenvalue weighted by Gasteiger charge is -1.99. The SMILES string of the molecule is Cc1cccc(OS(=O)(=O)F)c1.O=CNc1ccccc1. The highest BCUT2D eigenvalue weighted by Gasteiger charge is 2.08. The number of para-hydroxylation sites is 1. The zero-order valence-electron chi connectivity index (χ0n) is 11.2. The van der Waals surface area contributed by atoms with Gasteiger partial charge < -0.3 is 9.50 Å². The fourth-order valence-corrected chi connectivity index (χ4v) is 1.72. The van der Waals surface area contributed by atoms with E-state index in [-0.39, 0.29) is 5.75 Å². The Morgan fingerprint density at radius 3 is 2.29 bits per heavy atom. The maximum atomic E-state index is 12.0. The molecule has 112 valence electrons. The zero-order chi connectivity index (χ0) is 15.7. The second-order valence-electron chi connectivity index (χ2n) is 3.92. The van der Waals surface area contributed by atoms with Crippen LogP contribution in [0.1, 0.15) is 5.56 Å². The van der Waals surface area contributed by atoms with Crippen LogP contribution in [0.5, 0.6) is 5.75 Å². The summed E-state index contributed by atoms with van der Waals surface area (Å²) in [6.07, 6.45) is 0.662. The van der Waals surface area contributed by atoms with E-state index < -0.39 is 10.5 Å². The highest BCUT2D eigenvalue weighted by atomic mass is 32.3. The molecule has 0 aliphatic carbocycles. The van der Waals surface area contributed by atoms with Crippen molar-refractivity contribution < 1.29 is 21.3 Å². The van der Waals surface area contributed by atoms with Crippen LogP contribution in [-0.4, -0.2) is 14.8 Å². The molecule has 2 aromatic carbocycles. The van der Waals surface area contributed by atoms with Gasteiger partial charge in [-0.3, -0.25) is 4.79 Å². The molecule has 1 N–H and O–H groups in total. The Hall–Kier alpha value is -2.41.